The molecule has 1 saturated carbocycles. The minimum atomic E-state index is -0.932. The second-order valence-electron chi connectivity index (χ2n) is 6.09. The maximum atomic E-state index is 12.5. The maximum absolute atomic E-state index is 12.5. The van der Waals surface area contributed by atoms with Gasteiger partial charge in [0.05, 0.1) is 12.2 Å². The average molecular weight is 323 g/mol. The van der Waals surface area contributed by atoms with Crippen LogP contribution < -0.4 is 10.6 Å². The summed E-state index contributed by atoms with van der Waals surface area (Å²) in [4.78, 5) is 29.1. The zero-order valence-corrected chi connectivity index (χ0v) is 13.7. The monoisotopic (exact) mass is 323 g/mol. The van der Waals surface area contributed by atoms with Crippen molar-refractivity contribution in [3.8, 4) is 0 Å². The van der Waals surface area contributed by atoms with Crippen LogP contribution in [0.25, 0.3) is 0 Å². The maximum Gasteiger partial charge on any atom is 0.240 e. The van der Waals surface area contributed by atoms with E-state index < -0.39 is 5.41 Å². The molecule has 5 heteroatoms. The molecule has 2 N–H and O–H groups in total. The average Bonchev–Trinajstić information content (AvgIpc) is 3.43. The molecular weight excluding hydrogens is 302 g/mol. The van der Waals surface area contributed by atoms with Gasteiger partial charge in [0.25, 0.3) is 0 Å². The molecule has 0 bridgehead atoms. The van der Waals surface area contributed by atoms with Crippen LogP contribution in [0, 0.1) is 5.41 Å². The molecule has 2 amide bonds. The zero-order chi connectivity index (χ0) is 17.0. The number of rotatable bonds is 6. The fourth-order valence-electron chi connectivity index (χ4n) is 2.60. The zero-order valence-electron chi connectivity index (χ0n) is 13.7. The van der Waals surface area contributed by atoms with Gasteiger partial charge in [-0.2, -0.15) is 0 Å². The summed E-state index contributed by atoms with van der Waals surface area (Å²) in [6.07, 6.45) is 3.80. The number of amides is 2. The van der Waals surface area contributed by atoms with Crippen molar-refractivity contribution in [2.75, 3.05) is 5.32 Å². The van der Waals surface area contributed by atoms with Gasteiger partial charge in [0.15, 0.2) is 0 Å². The Balaban J connectivity index is 1.59. The molecule has 5 nitrogen and oxygen atoms in total. The molecule has 0 aliphatic heterocycles. The van der Waals surface area contributed by atoms with E-state index in [9.17, 15) is 9.59 Å². The Bertz CT molecular complexity index is 722. The summed E-state index contributed by atoms with van der Waals surface area (Å²) in [5.41, 5.74) is 1.78. The van der Waals surface area contributed by atoms with Gasteiger partial charge in [0.2, 0.25) is 11.8 Å². The molecule has 0 saturated heterocycles. The number of carbonyl (C=O) groups excluding carboxylic acids is 2. The third-order valence-corrected chi connectivity index (χ3v) is 4.40. The molecule has 3 rings (SSSR count). The van der Waals surface area contributed by atoms with Crippen LogP contribution in [0.4, 0.5) is 5.69 Å². The van der Waals surface area contributed by atoms with Crippen LogP contribution in [0.3, 0.4) is 0 Å². The first-order chi connectivity index (χ1) is 11.6. The van der Waals surface area contributed by atoms with Gasteiger partial charge in [-0.3, -0.25) is 14.6 Å². The van der Waals surface area contributed by atoms with Crippen molar-refractivity contribution in [1.29, 1.82) is 0 Å². The first-order valence-electron chi connectivity index (χ1n) is 8.22. The molecular formula is C19H21N3O2. The van der Waals surface area contributed by atoms with Gasteiger partial charge in [-0.05, 0) is 49.1 Å². The third-order valence-electron chi connectivity index (χ3n) is 4.40. The van der Waals surface area contributed by atoms with Crippen molar-refractivity contribution in [3.05, 3.63) is 59.9 Å². The molecule has 1 aromatic heterocycles. The van der Waals surface area contributed by atoms with Crippen LogP contribution >= 0.6 is 0 Å². The number of hydrogen-bond acceptors (Lipinski definition) is 3. The number of nitrogens with zero attached hydrogens (tertiary/aromatic N) is 1. The highest BCUT2D eigenvalue weighted by atomic mass is 16.2. The lowest BCUT2D eigenvalue weighted by Gasteiger charge is -2.15. The lowest BCUT2D eigenvalue weighted by Crippen LogP contribution is -2.39. The number of aromatic nitrogens is 1. The molecule has 124 valence electrons. The van der Waals surface area contributed by atoms with Crippen LogP contribution in [0.15, 0.2) is 48.7 Å². The Hall–Kier alpha value is -2.69. The van der Waals surface area contributed by atoms with Crippen LogP contribution in [-0.4, -0.2) is 16.8 Å². The van der Waals surface area contributed by atoms with E-state index in [0.29, 0.717) is 19.4 Å². The predicted octanol–water partition coefficient (Wildman–Crippen LogP) is 2.68. The first-order valence-corrected chi connectivity index (χ1v) is 8.22. The standard InChI is InChI=1S/C19H21N3O2/c1-2-14-6-8-15(9-7-14)22-18(24)19(10-11-19)17(23)21-13-16-5-3-4-12-20-16/h3-9,12H,2,10-11,13H2,1H3,(H,21,23)(H,22,24). The highest BCUT2D eigenvalue weighted by Crippen LogP contribution is 2.46. The number of aryl methyl sites for hydroxylation is 1. The lowest BCUT2D eigenvalue weighted by atomic mass is 10.0. The summed E-state index contributed by atoms with van der Waals surface area (Å²) < 4.78 is 0. The van der Waals surface area contributed by atoms with Gasteiger partial charge in [0, 0.05) is 11.9 Å². The molecule has 0 radical (unpaired) electrons. The third kappa shape index (κ3) is 3.45. The summed E-state index contributed by atoms with van der Waals surface area (Å²) >= 11 is 0. The van der Waals surface area contributed by atoms with Crippen LogP contribution in [0.5, 0.6) is 0 Å². The largest absolute Gasteiger partial charge is 0.350 e. The second kappa shape index (κ2) is 6.83. The summed E-state index contributed by atoms with van der Waals surface area (Å²) in [7, 11) is 0. The molecule has 24 heavy (non-hydrogen) atoms. The summed E-state index contributed by atoms with van der Waals surface area (Å²) in [6, 6.07) is 13.2. The van der Waals surface area contributed by atoms with E-state index in [1.807, 2.05) is 42.5 Å². The molecule has 1 aliphatic carbocycles. The molecule has 0 spiro atoms. The highest BCUT2D eigenvalue weighted by molar-refractivity contribution is 6.13. The predicted molar refractivity (Wildman–Crippen MR) is 92.2 cm³/mol. The van der Waals surface area contributed by atoms with Gasteiger partial charge < -0.3 is 10.6 Å². The molecule has 1 aliphatic rings. The summed E-state index contributed by atoms with van der Waals surface area (Å²) in [5.74, 6) is -0.457. The van der Waals surface area contributed by atoms with Gasteiger partial charge >= 0.3 is 0 Å². The Morgan fingerprint density at radius 3 is 2.42 bits per heavy atom. The summed E-state index contributed by atoms with van der Waals surface area (Å²) in [5, 5.41) is 5.68. The molecule has 0 atom stereocenters. The van der Waals surface area contributed by atoms with Crippen molar-refractivity contribution >= 4 is 17.5 Å². The van der Waals surface area contributed by atoms with Gasteiger partial charge in [-0.1, -0.05) is 25.1 Å². The van der Waals surface area contributed by atoms with Gasteiger partial charge in [-0.15, -0.1) is 0 Å². The molecule has 1 heterocycles. The van der Waals surface area contributed by atoms with E-state index in [1.165, 1.54) is 5.56 Å². The van der Waals surface area contributed by atoms with Crippen LogP contribution in [0.1, 0.15) is 31.0 Å². The Morgan fingerprint density at radius 1 is 1.08 bits per heavy atom. The van der Waals surface area contributed by atoms with E-state index in [4.69, 9.17) is 0 Å². The van der Waals surface area contributed by atoms with E-state index in [-0.39, 0.29) is 11.8 Å². The number of hydrogen-bond donors (Lipinski definition) is 2. The number of carbonyl (C=O) groups is 2. The normalized spacial score (nSPS) is 14.7. The van der Waals surface area contributed by atoms with Crippen LogP contribution in [0.2, 0.25) is 0 Å². The van der Waals surface area contributed by atoms with E-state index in [1.54, 1.807) is 6.20 Å². The minimum absolute atomic E-state index is 0.226. The first kappa shape index (κ1) is 16.2. The topological polar surface area (TPSA) is 71.1 Å². The second-order valence-corrected chi connectivity index (χ2v) is 6.09. The fraction of sp³-hybridized carbons (Fsp3) is 0.316. The summed E-state index contributed by atoms with van der Waals surface area (Å²) in [6.45, 7) is 2.42. The Labute approximate surface area is 141 Å². The Kier molecular flexibility index (Phi) is 4.60. The number of anilines is 1. The molecule has 1 fully saturated rings. The quantitative estimate of drug-likeness (QED) is 0.803. The fourth-order valence-corrected chi connectivity index (χ4v) is 2.60. The van der Waals surface area contributed by atoms with Gasteiger partial charge in [0.1, 0.15) is 5.41 Å². The van der Waals surface area contributed by atoms with E-state index in [2.05, 4.69) is 22.5 Å². The SMILES string of the molecule is CCc1ccc(NC(=O)C2(C(=O)NCc3ccccn3)CC2)cc1. The number of nitrogens with one attached hydrogen (secondary N) is 2. The van der Waals surface area contributed by atoms with Crippen molar-refractivity contribution in [2.24, 2.45) is 5.41 Å². The van der Waals surface area contributed by atoms with Crippen molar-refractivity contribution in [1.82, 2.24) is 10.3 Å². The van der Waals surface area contributed by atoms with Gasteiger partial charge in [-0.25, -0.2) is 0 Å². The van der Waals surface area contributed by atoms with Crippen molar-refractivity contribution in [2.45, 2.75) is 32.7 Å². The molecule has 0 unspecified atom stereocenters. The highest BCUT2D eigenvalue weighted by Gasteiger charge is 2.56. The molecule has 1 aromatic carbocycles. The molecule has 2 aromatic rings. The smallest absolute Gasteiger partial charge is 0.240 e. The van der Waals surface area contributed by atoms with Crippen molar-refractivity contribution < 1.29 is 9.59 Å². The van der Waals surface area contributed by atoms with Crippen molar-refractivity contribution in [3.63, 3.8) is 0 Å². The Morgan fingerprint density at radius 2 is 1.83 bits per heavy atom. The van der Waals surface area contributed by atoms with Crippen LogP contribution in [-0.2, 0) is 22.6 Å². The number of benzene rings is 1. The number of pyridine rings is 1. The lowest BCUT2D eigenvalue weighted by molar-refractivity contribution is -0.134. The van der Waals surface area contributed by atoms with E-state index in [0.717, 1.165) is 17.8 Å². The van der Waals surface area contributed by atoms with E-state index >= 15 is 0 Å². The minimum Gasteiger partial charge on any atom is -0.350 e.